The normalized spacial score (nSPS) is 20.8. The van der Waals surface area contributed by atoms with Crippen LogP contribution in [0.15, 0.2) is 33.9 Å². The summed E-state index contributed by atoms with van der Waals surface area (Å²) >= 11 is 8.50. The van der Waals surface area contributed by atoms with Crippen molar-refractivity contribution in [2.45, 2.75) is 24.3 Å². The molecule has 0 bridgehead atoms. The third kappa shape index (κ3) is 6.38. The first-order valence-electron chi connectivity index (χ1n) is 13.8. The first-order chi connectivity index (χ1) is 21.5. The topological polar surface area (TPSA) is 217 Å². The zero-order chi connectivity index (χ0) is 32.5. The average molecular weight is 681 g/mol. The Hall–Kier alpha value is -4.06. The van der Waals surface area contributed by atoms with Gasteiger partial charge in [0, 0.05) is 29.5 Å². The largest absolute Gasteiger partial charge is 0.504 e. The van der Waals surface area contributed by atoms with Gasteiger partial charge in [0.2, 0.25) is 0 Å². The molecule has 18 heteroatoms. The minimum atomic E-state index is -1.24. The number of carbonyl (C=O) groups is 4. The van der Waals surface area contributed by atoms with Gasteiger partial charge >= 0.3 is 5.97 Å². The third-order valence-corrected chi connectivity index (χ3v) is 10.3. The minimum Gasteiger partial charge on any atom is -0.504 e. The first kappa shape index (κ1) is 32.3. The summed E-state index contributed by atoms with van der Waals surface area (Å²) in [6.07, 6.45) is 1.84. The lowest BCUT2D eigenvalue weighted by Crippen LogP contribution is -2.71. The van der Waals surface area contributed by atoms with Crippen LogP contribution in [0, 0.1) is 0 Å². The highest BCUT2D eigenvalue weighted by molar-refractivity contribution is 8.00. The van der Waals surface area contributed by atoms with Crippen LogP contribution in [0.1, 0.15) is 28.9 Å². The summed E-state index contributed by atoms with van der Waals surface area (Å²) in [6, 6.07) is 1.51. The van der Waals surface area contributed by atoms with E-state index in [0.717, 1.165) is 37.3 Å². The number of nitrogens with zero attached hydrogens (tertiary/aromatic N) is 4. The predicted octanol–water partition coefficient (Wildman–Crippen LogP) is 0.920. The SMILES string of the molecule is CO/N=C(\C(=O)N[C@@H]1C(=O)N2C(C(=O)O)=C(C[N+]3(CCNC(=O)c4ccc(O)c(O)c4Cl)CCCC3)CS[C@H]12)c1csc(N)n1. The second-order valence-corrected chi connectivity index (χ2v) is 13.1. The number of halogens is 1. The van der Waals surface area contributed by atoms with E-state index in [1.165, 1.54) is 41.3 Å². The Morgan fingerprint density at radius 2 is 2.00 bits per heavy atom. The van der Waals surface area contributed by atoms with E-state index in [1.807, 2.05) is 0 Å². The first-order valence-corrected chi connectivity index (χ1v) is 16.1. The van der Waals surface area contributed by atoms with Gasteiger partial charge in [0.1, 0.15) is 36.5 Å². The van der Waals surface area contributed by atoms with Crippen LogP contribution in [-0.2, 0) is 19.2 Å². The number of nitrogens with one attached hydrogen (secondary N) is 2. The molecular formula is C27H31ClN7O8S2+. The number of fused-ring (bicyclic) bond motifs is 1. The lowest BCUT2D eigenvalue weighted by molar-refractivity contribution is -0.911. The van der Waals surface area contributed by atoms with Gasteiger partial charge in [-0.1, -0.05) is 16.8 Å². The fraction of sp³-hybridized carbons (Fsp3) is 0.407. The summed E-state index contributed by atoms with van der Waals surface area (Å²) in [5.41, 5.74) is 6.22. The van der Waals surface area contributed by atoms with Crippen molar-refractivity contribution >= 4 is 69.2 Å². The highest BCUT2D eigenvalue weighted by Crippen LogP contribution is 2.41. The Labute approximate surface area is 270 Å². The van der Waals surface area contributed by atoms with Crippen LogP contribution in [0.2, 0.25) is 5.02 Å². The number of β-lactam (4-membered cyclic amide) rings is 1. The summed E-state index contributed by atoms with van der Waals surface area (Å²) in [4.78, 5) is 61.6. The van der Waals surface area contributed by atoms with E-state index in [4.69, 9.17) is 22.2 Å². The number of aliphatic carboxylic acids is 1. The number of thioether (sulfide) groups is 1. The van der Waals surface area contributed by atoms with Gasteiger partial charge < -0.3 is 41.0 Å². The zero-order valence-electron chi connectivity index (χ0n) is 24.0. The van der Waals surface area contributed by atoms with Gasteiger partial charge in [0.05, 0.1) is 36.8 Å². The molecule has 3 aliphatic heterocycles. The number of aromatic nitrogens is 1. The minimum absolute atomic E-state index is 0.0137. The number of oxime groups is 1. The Balaban J connectivity index is 1.28. The maximum Gasteiger partial charge on any atom is 0.352 e. The van der Waals surface area contributed by atoms with Crippen molar-refractivity contribution in [3.05, 3.63) is 45.1 Å². The number of nitrogens with two attached hydrogens (primary N) is 1. The van der Waals surface area contributed by atoms with E-state index in [0.29, 0.717) is 28.9 Å². The van der Waals surface area contributed by atoms with E-state index in [9.17, 15) is 34.5 Å². The number of rotatable bonds is 11. The number of carbonyl (C=O) groups excluding carboxylic acids is 3. The molecule has 0 aliphatic carbocycles. The molecule has 2 saturated heterocycles. The standard InChI is InChI=1S/C27H30ClN7O8S2/c1-43-33-18(15-12-45-27(29)31-15)23(39)32-19-24(40)34-20(26(41)42)13(11-44-25(19)34)10-35(7-2-3-8-35)9-6-30-22(38)14-4-5-16(36)21(37)17(14)28/h4-5,12,19,25H,2-3,6-11H2,1H3,(H6-,29,30,31,32,33,36,37,38,39,41,42)/p+1/t19-,25-/m1/s1. The summed E-state index contributed by atoms with van der Waals surface area (Å²) in [6.45, 7) is 2.63. The molecule has 3 amide bonds. The van der Waals surface area contributed by atoms with Crippen molar-refractivity contribution in [1.29, 1.82) is 0 Å². The van der Waals surface area contributed by atoms with Gasteiger partial charge in [-0.3, -0.25) is 19.3 Å². The van der Waals surface area contributed by atoms with Crippen LogP contribution >= 0.6 is 34.7 Å². The number of thiazole rings is 1. The maximum absolute atomic E-state index is 13.3. The van der Waals surface area contributed by atoms with Crippen molar-refractivity contribution in [3.8, 4) is 11.5 Å². The van der Waals surface area contributed by atoms with Crippen molar-refractivity contribution in [1.82, 2.24) is 20.5 Å². The second-order valence-electron chi connectivity index (χ2n) is 10.7. The zero-order valence-corrected chi connectivity index (χ0v) is 26.4. The molecule has 2 fully saturated rings. The number of anilines is 1. The molecule has 0 unspecified atom stereocenters. The molecule has 0 saturated carbocycles. The van der Waals surface area contributed by atoms with Gasteiger partial charge in [-0.05, 0) is 12.1 Å². The van der Waals surface area contributed by atoms with Gasteiger partial charge in [-0.2, -0.15) is 0 Å². The Kier molecular flexibility index (Phi) is 9.43. The highest BCUT2D eigenvalue weighted by Gasteiger charge is 2.55. The molecule has 15 nitrogen and oxygen atoms in total. The molecule has 45 heavy (non-hydrogen) atoms. The van der Waals surface area contributed by atoms with Crippen LogP contribution in [0.3, 0.4) is 0 Å². The molecule has 0 spiro atoms. The number of hydrogen-bond donors (Lipinski definition) is 6. The molecule has 3 aliphatic rings. The Morgan fingerprint density at radius 3 is 2.64 bits per heavy atom. The molecular weight excluding hydrogens is 650 g/mol. The maximum atomic E-state index is 13.3. The summed E-state index contributed by atoms with van der Waals surface area (Å²) in [7, 11) is 1.27. The van der Waals surface area contributed by atoms with Gasteiger partial charge in [0.25, 0.3) is 17.7 Å². The average Bonchev–Trinajstić information content (AvgIpc) is 3.65. The molecule has 5 rings (SSSR count). The van der Waals surface area contributed by atoms with Gasteiger partial charge in [0.15, 0.2) is 22.3 Å². The van der Waals surface area contributed by atoms with Gasteiger partial charge in [-0.25, -0.2) is 9.78 Å². The lowest BCUT2D eigenvalue weighted by Gasteiger charge is -2.50. The summed E-state index contributed by atoms with van der Waals surface area (Å²) < 4.78 is 0.516. The number of phenols is 2. The van der Waals surface area contributed by atoms with Crippen LogP contribution in [0.5, 0.6) is 11.5 Å². The number of likely N-dealkylation sites (tertiary alicyclic amines) is 1. The number of nitrogen functional groups attached to an aromatic ring is 1. The quantitative estimate of drug-likeness (QED) is 0.0645. The summed E-state index contributed by atoms with van der Waals surface area (Å²) in [5.74, 6) is -3.71. The van der Waals surface area contributed by atoms with Crippen molar-refractivity contribution in [3.63, 3.8) is 0 Å². The van der Waals surface area contributed by atoms with E-state index in [2.05, 4.69) is 20.8 Å². The number of carboxylic acid groups (broad SMARTS) is 1. The van der Waals surface area contributed by atoms with Crippen LogP contribution in [0.25, 0.3) is 0 Å². The number of aromatic hydroxyl groups is 2. The van der Waals surface area contributed by atoms with E-state index >= 15 is 0 Å². The van der Waals surface area contributed by atoms with Crippen LogP contribution < -0.4 is 16.4 Å². The van der Waals surface area contributed by atoms with E-state index in [-0.39, 0.29) is 39.4 Å². The molecule has 4 heterocycles. The third-order valence-electron chi connectivity index (χ3n) is 7.95. The van der Waals surface area contributed by atoms with E-state index in [1.54, 1.807) is 0 Å². The second kappa shape index (κ2) is 13.1. The Morgan fingerprint density at radius 1 is 1.27 bits per heavy atom. The molecule has 240 valence electrons. The summed E-state index contributed by atoms with van der Waals surface area (Å²) in [5, 5.41) is 39.7. The number of carboxylic acids is 1. The fourth-order valence-corrected chi connectivity index (χ4v) is 7.94. The van der Waals surface area contributed by atoms with Crippen LogP contribution in [-0.4, -0.2) is 116 Å². The number of quaternary nitrogens is 1. The molecule has 2 atom stereocenters. The Bertz CT molecular complexity index is 1610. The highest BCUT2D eigenvalue weighted by atomic mass is 35.5. The van der Waals surface area contributed by atoms with Crippen molar-refractivity contribution in [2.24, 2.45) is 5.16 Å². The van der Waals surface area contributed by atoms with Crippen molar-refractivity contribution in [2.75, 3.05) is 51.3 Å². The number of amides is 3. The monoisotopic (exact) mass is 680 g/mol. The molecule has 0 radical (unpaired) electrons. The predicted molar refractivity (Wildman–Crippen MR) is 166 cm³/mol. The molecule has 7 N–H and O–H groups in total. The molecule has 1 aromatic heterocycles. The van der Waals surface area contributed by atoms with E-state index < -0.39 is 46.6 Å². The lowest BCUT2D eigenvalue weighted by atomic mass is 10.0. The number of phenolic OH excluding ortho intramolecular Hbond substituents is 2. The molecule has 1 aromatic carbocycles. The molecule has 2 aromatic rings. The van der Waals surface area contributed by atoms with Crippen molar-refractivity contribution < 1.29 is 43.8 Å². The fourth-order valence-electron chi connectivity index (χ4n) is 5.81. The number of benzene rings is 1. The number of hydrogen-bond acceptors (Lipinski definition) is 12. The smallest absolute Gasteiger partial charge is 0.352 e. The van der Waals surface area contributed by atoms with Gasteiger partial charge in [-0.15, -0.1) is 23.1 Å². The van der Waals surface area contributed by atoms with Crippen LogP contribution in [0.4, 0.5) is 5.13 Å².